The smallest absolute Gasteiger partial charge is 0.265 e. The summed E-state index contributed by atoms with van der Waals surface area (Å²) >= 11 is 6.02. The number of phenols is 2. The maximum Gasteiger partial charge on any atom is 0.265 e. The van der Waals surface area contributed by atoms with Crippen molar-refractivity contribution < 1.29 is 20.1 Å². The minimum absolute atomic E-state index is 0.0182. The molecule has 174 valence electrons. The van der Waals surface area contributed by atoms with E-state index in [0.29, 0.717) is 22.7 Å². The van der Waals surface area contributed by atoms with Crippen molar-refractivity contribution in [1.29, 1.82) is 0 Å². The Hall–Kier alpha value is -4.04. The quantitative estimate of drug-likeness (QED) is 0.301. The van der Waals surface area contributed by atoms with Crippen LogP contribution in [0.3, 0.4) is 0 Å². The standard InChI is InChI=1S/C25H22ClN3O5/c26-17-7-5-16(6-8-17)18(23-24(33)28-21-3-1-2-12-29(21)25(23)34)14-22(32)27-11-10-15-4-9-19(30)20(31)13-15/h1-9,12-13,18,30-31,33H,10-11,14H2,(H,27,32)/t18-/m0/s1. The molecule has 2 heterocycles. The Bertz CT molecular complexity index is 1400. The number of phenolic OH excluding ortho intramolecular Hbond substituents is 2. The second-order valence-electron chi connectivity index (χ2n) is 7.81. The van der Waals surface area contributed by atoms with Crippen molar-refractivity contribution in [3.63, 3.8) is 0 Å². The van der Waals surface area contributed by atoms with Gasteiger partial charge < -0.3 is 20.6 Å². The predicted molar refractivity (Wildman–Crippen MR) is 128 cm³/mol. The zero-order valence-electron chi connectivity index (χ0n) is 18.0. The molecule has 1 amide bonds. The molecule has 4 aromatic rings. The molecule has 0 spiro atoms. The molecule has 0 bridgehead atoms. The summed E-state index contributed by atoms with van der Waals surface area (Å²) in [7, 11) is 0. The summed E-state index contributed by atoms with van der Waals surface area (Å²) in [6.07, 6.45) is 1.88. The molecule has 34 heavy (non-hydrogen) atoms. The molecule has 0 fully saturated rings. The Morgan fingerprint density at radius 1 is 1.03 bits per heavy atom. The van der Waals surface area contributed by atoms with Gasteiger partial charge in [0.05, 0.1) is 5.56 Å². The van der Waals surface area contributed by atoms with E-state index in [1.54, 1.807) is 54.7 Å². The molecule has 0 aliphatic rings. The van der Waals surface area contributed by atoms with Crippen molar-refractivity contribution in [3.8, 4) is 17.4 Å². The number of carbonyl (C=O) groups excluding carboxylic acids is 1. The van der Waals surface area contributed by atoms with Crippen molar-refractivity contribution >= 4 is 23.2 Å². The third-order valence-corrected chi connectivity index (χ3v) is 5.79. The van der Waals surface area contributed by atoms with E-state index in [0.717, 1.165) is 5.56 Å². The Morgan fingerprint density at radius 2 is 1.79 bits per heavy atom. The number of aromatic hydroxyl groups is 3. The molecule has 8 nitrogen and oxygen atoms in total. The number of amides is 1. The Labute approximate surface area is 199 Å². The minimum Gasteiger partial charge on any atom is -0.504 e. The fourth-order valence-electron chi connectivity index (χ4n) is 3.81. The summed E-state index contributed by atoms with van der Waals surface area (Å²) < 4.78 is 1.33. The van der Waals surface area contributed by atoms with Gasteiger partial charge in [-0.05, 0) is 53.9 Å². The number of fused-ring (bicyclic) bond motifs is 1. The topological polar surface area (TPSA) is 124 Å². The lowest BCUT2D eigenvalue weighted by molar-refractivity contribution is -0.121. The molecule has 4 N–H and O–H groups in total. The van der Waals surface area contributed by atoms with Gasteiger partial charge in [-0.25, -0.2) is 0 Å². The number of hydrogen-bond donors (Lipinski definition) is 4. The molecule has 0 radical (unpaired) electrons. The van der Waals surface area contributed by atoms with E-state index in [4.69, 9.17) is 11.6 Å². The van der Waals surface area contributed by atoms with Crippen LogP contribution < -0.4 is 10.9 Å². The van der Waals surface area contributed by atoms with E-state index in [1.807, 2.05) is 0 Å². The second-order valence-corrected chi connectivity index (χ2v) is 8.25. The highest BCUT2D eigenvalue weighted by molar-refractivity contribution is 6.30. The molecule has 0 aliphatic heterocycles. The molecule has 0 saturated heterocycles. The lowest BCUT2D eigenvalue weighted by Crippen LogP contribution is -2.30. The van der Waals surface area contributed by atoms with Crippen LogP contribution in [0.5, 0.6) is 17.4 Å². The number of aromatic nitrogens is 2. The van der Waals surface area contributed by atoms with Gasteiger partial charge in [0, 0.05) is 30.1 Å². The van der Waals surface area contributed by atoms with Crippen molar-refractivity contribution in [2.75, 3.05) is 6.54 Å². The molecule has 0 saturated carbocycles. The van der Waals surface area contributed by atoms with Crippen LogP contribution in [-0.2, 0) is 11.2 Å². The van der Waals surface area contributed by atoms with Crippen molar-refractivity contribution in [3.05, 3.63) is 98.9 Å². The molecule has 0 unspecified atom stereocenters. The van der Waals surface area contributed by atoms with E-state index in [-0.39, 0.29) is 35.9 Å². The lowest BCUT2D eigenvalue weighted by Gasteiger charge is -2.18. The first-order chi connectivity index (χ1) is 16.3. The summed E-state index contributed by atoms with van der Waals surface area (Å²) in [5.41, 5.74) is 1.22. The molecule has 1 atom stereocenters. The molecular formula is C25H22ClN3O5. The van der Waals surface area contributed by atoms with Gasteiger partial charge in [-0.15, -0.1) is 0 Å². The Kier molecular flexibility index (Phi) is 6.70. The van der Waals surface area contributed by atoms with Crippen LogP contribution in [-0.4, -0.2) is 37.2 Å². The summed E-state index contributed by atoms with van der Waals surface area (Å²) in [5, 5.41) is 33.0. The van der Waals surface area contributed by atoms with Gasteiger partial charge in [0.1, 0.15) is 5.65 Å². The van der Waals surface area contributed by atoms with Gasteiger partial charge in [-0.2, -0.15) is 4.98 Å². The zero-order chi connectivity index (χ0) is 24.2. The number of nitrogens with one attached hydrogen (secondary N) is 1. The van der Waals surface area contributed by atoms with Gasteiger partial charge in [0.2, 0.25) is 11.8 Å². The predicted octanol–water partition coefficient (Wildman–Crippen LogP) is 3.35. The number of nitrogens with zero attached hydrogens (tertiary/aromatic N) is 2. The number of hydrogen-bond acceptors (Lipinski definition) is 6. The highest BCUT2D eigenvalue weighted by Gasteiger charge is 2.26. The van der Waals surface area contributed by atoms with Crippen LogP contribution in [0.1, 0.15) is 29.0 Å². The number of rotatable bonds is 7. The number of carbonyl (C=O) groups is 1. The highest BCUT2D eigenvalue weighted by Crippen LogP contribution is 2.31. The monoisotopic (exact) mass is 479 g/mol. The van der Waals surface area contributed by atoms with Crippen LogP contribution >= 0.6 is 11.6 Å². The number of halogens is 1. The van der Waals surface area contributed by atoms with Crippen LogP contribution in [0, 0.1) is 0 Å². The van der Waals surface area contributed by atoms with Gasteiger partial charge in [-0.1, -0.05) is 35.9 Å². The molecule has 0 aliphatic carbocycles. The average molecular weight is 480 g/mol. The van der Waals surface area contributed by atoms with Gasteiger partial charge in [-0.3, -0.25) is 14.0 Å². The SMILES string of the molecule is O=C(C[C@@H](c1ccc(Cl)cc1)c1c(O)nc2ccccn2c1=O)NCCc1ccc(O)c(O)c1. The van der Waals surface area contributed by atoms with Crippen LogP contribution in [0.25, 0.3) is 5.65 Å². The zero-order valence-corrected chi connectivity index (χ0v) is 18.7. The first-order valence-electron chi connectivity index (χ1n) is 10.6. The van der Waals surface area contributed by atoms with Gasteiger partial charge in [0.25, 0.3) is 5.56 Å². The van der Waals surface area contributed by atoms with Crippen LogP contribution in [0.15, 0.2) is 71.7 Å². The van der Waals surface area contributed by atoms with E-state index < -0.39 is 17.4 Å². The van der Waals surface area contributed by atoms with Gasteiger partial charge >= 0.3 is 0 Å². The Morgan fingerprint density at radius 3 is 2.53 bits per heavy atom. The average Bonchev–Trinajstić information content (AvgIpc) is 2.81. The second kappa shape index (κ2) is 9.84. The third kappa shape index (κ3) is 4.97. The van der Waals surface area contributed by atoms with E-state index >= 15 is 0 Å². The maximum atomic E-state index is 13.2. The first-order valence-corrected chi connectivity index (χ1v) is 10.9. The molecule has 2 aromatic heterocycles. The normalized spacial score (nSPS) is 11.9. The molecular weight excluding hydrogens is 458 g/mol. The summed E-state index contributed by atoms with van der Waals surface area (Å²) in [4.78, 5) is 30.2. The summed E-state index contributed by atoms with van der Waals surface area (Å²) in [6, 6.07) is 16.2. The van der Waals surface area contributed by atoms with Gasteiger partial charge in [0.15, 0.2) is 11.5 Å². The fourth-order valence-corrected chi connectivity index (χ4v) is 3.93. The fraction of sp³-hybridized carbons (Fsp3) is 0.160. The van der Waals surface area contributed by atoms with Crippen LogP contribution in [0.2, 0.25) is 5.02 Å². The van der Waals surface area contributed by atoms with E-state index in [1.165, 1.54) is 16.5 Å². The summed E-state index contributed by atoms with van der Waals surface area (Å²) in [5.74, 6) is -1.96. The van der Waals surface area contributed by atoms with E-state index in [9.17, 15) is 24.9 Å². The van der Waals surface area contributed by atoms with Crippen molar-refractivity contribution in [2.45, 2.75) is 18.8 Å². The van der Waals surface area contributed by atoms with Crippen molar-refractivity contribution in [1.82, 2.24) is 14.7 Å². The lowest BCUT2D eigenvalue weighted by atomic mass is 9.89. The first kappa shape index (κ1) is 23.1. The van der Waals surface area contributed by atoms with Crippen molar-refractivity contribution in [2.24, 2.45) is 0 Å². The largest absolute Gasteiger partial charge is 0.504 e. The number of pyridine rings is 1. The third-order valence-electron chi connectivity index (χ3n) is 5.53. The van der Waals surface area contributed by atoms with E-state index in [2.05, 4.69) is 10.3 Å². The highest BCUT2D eigenvalue weighted by atomic mass is 35.5. The molecule has 9 heteroatoms. The molecule has 2 aromatic carbocycles. The number of benzene rings is 2. The Balaban J connectivity index is 1.59. The summed E-state index contributed by atoms with van der Waals surface area (Å²) in [6.45, 7) is 0.275. The molecule has 4 rings (SSSR count). The maximum absolute atomic E-state index is 13.2. The van der Waals surface area contributed by atoms with Crippen LogP contribution in [0.4, 0.5) is 0 Å². The minimum atomic E-state index is -0.757.